The van der Waals surface area contributed by atoms with Gasteiger partial charge in [0.1, 0.15) is 0 Å². The van der Waals surface area contributed by atoms with E-state index in [0.717, 1.165) is 6.08 Å². The van der Waals surface area contributed by atoms with Crippen molar-refractivity contribution in [2.75, 3.05) is 5.32 Å². The molecule has 18 heavy (non-hydrogen) atoms. The van der Waals surface area contributed by atoms with Gasteiger partial charge >= 0.3 is 12.0 Å². The van der Waals surface area contributed by atoms with E-state index in [1.165, 1.54) is 0 Å². The molecule has 96 valence electrons. The number of aryl methyl sites for hydroxylation is 1. The molecule has 0 radical (unpaired) electrons. The molecule has 0 saturated heterocycles. The monoisotopic (exact) mass is 253 g/mol. The maximum atomic E-state index is 11.3. The van der Waals surface area contributed by atoms with Crippen LogP contribution in [-0.2, 0) is 9.59 Å². The Bertz CT molecular complexity index is 518. The predicted octanol–water partition coefficient (Wildman–Crippen LogP) is 0.580. The van der Waals surface area contributed by atoms with Crippen LogP contribution in [0.15, 0.2) is 16.7 Å². The van der Waals surface area contributed by atoms with Crippen LogP contribution in [0.5, 0.6) is 0 Å². The minimum absolute atomic E-state index is 0.125. The molecular weight excluding hydrogens is 242 g/mol. The zero-order valence-corrected chi connectivity index (χ0v) is 9.68. The summed E-state index contributed by atoms with van der Waals surface area (Å²) in [5.74, 6) is -2.02. The van der Waals surface area contributed by atoms with Crippen LogP contribution >= 0.6 is 0 Å². The van der Waals surface area contributed by atoms with E-state index in [9.17, 15) is 14.4 Å². The van der Waals surface area contributed by atoms with Crippen molar-refractivity contribution < 1.29 is 24.0 Å². The number of nitrogens with zero attached hydrogens (tertiary/aromatic N) is 1. The lowest BCUT2D eigenvalue weighted by molar-refractivity contribution is -0.131. The van der Waals surface area contributed by atoms with Crippen molar-refractivity contribution >= 4 is 23.8 Å². The van der Waals surface area contributed by atoms with Crippen LogP contribution in [0.2, 0.25) is 0 Å². The third kappa shape index (κ3) is 3.74. The summed E-state index contributed by atoms with van der Waals surface area (Å²) in [4.78, 5) is 32.5. The summed E-state index contributed by atoms with van der Waals surface area (Å²) in [6.45, 7) is 3.39. The smallest absolute Gasteiger partial charge is 0.328 e. The number of hydrogen-bond donors (Lipinski definition) is 3. The van der Waals surface area contributed by atoms with Gasteiger partial charge in [0.25, 0.3) is 5.91 Å². The average molecular weight is 253 g/mol. The highest BCUT2D eigenvalue weighted by molar-refractivity contribution is 6.06. The summed E-state index contributed by atoms with van der Waals surface area (Å²) >= 11 is 0. The lowest BCUT2D eigenvalue weighted by Gasteiger charge is -2.01. The number of hydrogen-bond acceptors (Lipinski definition) is 5. The van der Waals surface area contributed by atoms with Gasteiger partial charge in [-0.25, -0.2) is 9.59 Å². The first-order valence-corrected chi connectivity index (χ1v) is 4.86. The van der Waals surface area contributed by atoms with Crippen LogP contribution in [0.4, 0.5) is 10.7 Å². The fourth-order valence-corrected chi connectivity index (χ4v) is 0.967. The molecular formula is C10H11N3O5. The van der Waals surface area contributed by atoms with Gasteiger partial charge in [0.15, 0.2) is 0 Å². The molecule has 0 atom stereocenters. The van der Waals surface area contributed by atoms with Gasteiger partial charge in [0.05, 0.1) is 5.69 Å². The van der Waals surface area contributed by atoms with E-state index >= 15 is 0 Å². The molecule has 0 aromatic carbocycles. The fourth-order valence-electron chi connectivity index (χ4n) is 0.967. The number of anilines is 1. The zero-order chi connectivity index (χ0) is 13.7. The van der Waals surface area contributed by atoms with E-state index in [1.807, 2.05) is 5.32 Å². The topological polar surface area (TPSA) is 122 Å². The van der Waals surface area contributed by atoms with Crippen molar-refractivity contribution in [2.24, 2.45) is 0 Å². The molecule has 1 rings (SSSR count). The third-order valence-corrected chi connectivity index (χ3v) is 2.00. The zero-order valence-electron chi connectivity index (χ0n) is 9.68. The second-order valence-corrected chi connectivity index (χ2v) is 3.34. The number of imide groups is 1. The van der Waals surface area contributed by atoms with Crippen molar-refractivity contribution in [3.8, 4) is 0 Å². The van der Waals surface area contributed by atoms with Gasteiger partial charge in [-0.1, -0.05) is 5.16 Å². The van der Waals surface area contributed by atoms with Crippen LogP contribution in [0, 0.1) is 13.8 Å². The summed E-state index contributed by atoms with van der Waals surface area (Å²) in [5.41, 5.74) is 1.25. The molecule has 3 amide bonds. The van der Waals surface area contributed by atoms with Crippen molar-refractivity contribution in [3.05, 3.63) is 23.4 Å². The Kier molecular flexibility index (Phi) is 4.19. The molecule has 1 heterocycles. The largest absolute Gasteiger partial charge is 0.478 e. The molecule has 0 fully saturated rings. The number of carboxylic acids is 1. The van der Waals surface area contributed by atoms with E-state index < -0.39 is 17.9 Å². The summed E-state index contributed by atoms with van der Waals surface area (Å²) in [5, 5.41) is 16.1. The lowest BCUT2D eigenvalue weighted by Crippen LogP contribution is -2.33. The van der Waals surface area contributed by atoms with Crippen LogP contribution in [0.25, 0.3) is 0 Å². The molecule has 8 nitrogen and oxygen atoms in total. The van der Waals surface area contributed by atoms with Crippen LogP contribution in [-0.4, -0.2) is 28.2 Å². The second kappa shape index (κ2) is 5.62. The van der Waals surface area contributed by atoms with Gasteiger partial charge in [0.2, 0.25) is 5.88 Å². The maximum absolute atomic E-state index is 11.3. The van der Waals surface area contributed by atoms with E-state index in [0.29, 0.717) is 17.3 Å². The summed E-state index contributed by atoms with van der Waals surface area (Å²) < 4.78 is 4.80. The molecule has 1 aromatic rings. The number of carbonyl (C=O) groups excluding carboxylic acids is 2. The van der Waals surface area contributed by atoms with Crippen molar-refractivity contribution in [3.63, 3.8) is 0 Å². The van der Waals surface area contributed by atoms with E-state index in [1.54, 1.807) is 13.8 Å². The van der Waals surface area contributed by atoms with Crippen LogP contribution in [0.1, 0.15) is 11.3 Å². The molecule has 3 N–H and O–H groups in total. The molecule has 0 saturated carbocycles. The highest BCUT2D eigenvalue weighted by Crippen LogP contribution is 2.16. The quantitative estimate of drug-likeness (QED) is 0.677. The van der Waals surface area contributed by atoms with E-state index in [4.69, 9.17) is 9.63 Å². The minimum Gasteiger partial charge on any atom is -0.478 e. The molecule has 0 aliphatic rings. The molecule has 0 bridgehead atoms. The number of rotatable bonds is 3. The van der Waals surface area contributed by atoms with Crippen molar-refractivity contribution in [1.82, 2.24) is 10.5 Å². The summed E-state index contributed by atoms with van der Waals surface area (Å²) in [7, 11) is 0. The Balaban J connectivity index is 2.55. The van der Waals surface area contributed by atoms with Gasteiger partial charge in [0, 0.05) is 17.7 Å². The first kappa shape index (κ1) is 13.4. The first-order chi connectivity index (χ1) is 8.40. The Morgan fingerprint density at radius 1 is 1.28 bits per heavy atom. The highest BCUT2D eigenvalue weighted by atomic mass is 16.5. The minimum atomic E-state index is -1.28. The number of aliphatic carboxylic acids is 1. The standard InChI is InChI=1S/C10H11N3O5/c1-5-6(2)13-18-9(5)12-10(17)11-7(14)3-4-8(15)16/h3-4H,1-2H3,(H,15,16)(H2,11,12,14,17). The van der Waals surface area contributed by atoms with Gasteiger partial charge in [-0.15, -0.1) is 0 Å². The molecule has 8 heteroatoms. The SMILES string of the molecule is Cc1noc(NC(=O)NC(=O)C=CC(=O)O)c1C. The average Bonchev–Trinajstić information content (AvgIpc) is 2.58. The molecule has 1 aromatic heterocycles. The summed E-state index contributed by atoms with van der Waals surface area (Å²) in [6.07, 6.45) is 1.34. The fraction of sp³-hybridized carbons (Fsp3) is 0.200. The van der Waals surface area contributed by atoms with E-state index in [-0.39, 0.29) is 5.88 Å². The lowest BCUT2D eigenvalue weighted by atomic mass is 10.3. The number of aromatic nitrogens is 1. The third-order valence-electron chi connectivity index (χ3n) is 2.00. The number of carbonyl (C=O) groups is 3. The van der Waals surface area contributed by atoms with Gasteiger partial charge < -0.3 is 9.63 Å². The Labute approximate surface area is 102 Å². The number of nitrogens with one attached hydrogen (secondary N) is 2. The second-order valence-electron chi connectivity index (χ2n) is 3.34. The molecule has 0 aliphatic carbocycles. The van der Waals surface area contributed by atoms with Gasteiger partial charge in [-0.2, -0.15) is 0 Å². The van der Waals surface area contributed by atoms with Gasteiger partial charge in [-0.05, 0) is 13.8 Å². The molecule has 0 aliphatic heterocycles. The first-order valence-electron chi connectivity index (χ1n) is 4.86. The van der Waals surface area contributed by atoms with Crippen LogP contribution in [0.3, 0.4) is 0 Å². The van der Waals surface area contributed by atoms with E-state index in [2.05, 4.69) is 10.5 Å². The normalized spacial score (nSPS) is 10.3. The van der Waals surface area contributed by atoms with Crippen LogP contribution < -0.4 is 10.6 Å². The van der Waals surface area contributed by atoms with Crippen molar-refractivity contribution in [2.45, 2.75) is 13.8 Å². The highest BCUT2D eigenvalue weighted by Gasteiger charge is 2.12. The molecule has 0 unspecified atom stereocenters. The summed E-state index contributed by atoms with van der Waals surface area (Å²) in [6, 6.07) is -0.839. The number of amides is 3. The Hall–Kier alpha value is -2.64. The predicted molar refractivity (Wildman–Crippen MR) is 59.9 cm³/mol. The molecule has 0 spiro atoms. The van der Waals surface area contributed by atoms with Gasteiger partial charge in [-0.3, -0.25) is 15.4 Å². The number of urea groups is 1. The van der Waals surface area contributed by atoms with Crippen molar-refractivity contribution in [1.29, 1.82) is 0 Å². The Morgan fingerprint density at radius 2 is 1.94 bits per heavy atom. The number of carboxylic acid groups (broad SMARTS) is 1. The Morgan fingerprint density at radius 3 is 2.44 bits per heavy atom. The maximum Gasteiger partial charge on any atom is 0.328 e.